The second-order valence-corrected chi connectivity index (χ2v) is 8.28. The lowest BCUT2D eigenvalue weighted by atomic mass is 9.85. The number of nitrogens with one attached hydrogen (secondary N) is 1. The Hall–Kier alpha value is -1.08. The molecule has 0 unspecified atom stereocenters. The average molecular weight is 301 g/mol. The lowest BCUT2D eigenvalue weighted by Crippen LogP contribution is -2.37. The second-order valence-electron chi connectivity index (χ2n) is 4.87. The third kappa shape index (κ3) is 4.21. The van der Waals surface area contributed by atoms with Crippen molar-refractivity contribution >= 4 is 27.1 Å². The monoisotopic (exact) mass is 301 g/mol. The van der Waals surface area contributed by atoms with E-state index in [1.54, 1.807) is 12.1 Å². The van der Waals surface area contributed by atoms with Crippen molar-refractivity contribution in [1.82, 2.24) is 5.32 Å². The minimum atomic E-state index is -3.11. The molecule has 19 heavy (non-hydrogen) atoms. The molecule has 0 aromatic carbocycles. The number of rotatable bonds is 5. The Morgan fingerprint density at radius 1 is 1.53 bits per heavy atom. The molecule has 1 aliphatic carbocycles. The summed E-state index contributed by atoms with van der Waals surface area (Å²) in [5.74, 6) is 1.16. The van der Waals surface area contributed by atoms with E-state index < -0.39 is 9.84 Å². The molecule has 0 aliphatic heterocycles. The van der Waals surface area contributed by atoms with Crippen LogP contribution in [-0.4, -0.2) is 27.2 Å². The summed E-state index contributed by atoms with van der Waals surface area (Å²) in [6, 6.07) is 3.40. The van der Waals surface area contributed by atoms with Crippen LogP contribution in [0.2, 0.25) is 0 Å². The highest BCUT2D eigenvalue weighted by Gasteiger charge is 2.16. The molecule has 7 heteroatoms. The van der Waals surface area contributed by atoms with E-state index in [4.69, 9.17) is 5.73 Å². The van der Waals surface area contributed by atoms with E-state index in [-0.39, 0.29) is 0 Å². The third-order valence-corrected chi connectivity index (χ3v) is 6.09. The molecule has 2 rings (SSSR count). The number of thiophene rings is 1. The maximum atomic E-state index is 11.3. The van der Waals surface area contributed by atoms with E-state index in [1.807, 2.05) is 0 Å². The van der Waals surface area contributed by atoms with Gasteiger partial charge >= 0.3 is 0 Å². The Balaban J connectivity index is 1.84. The summed E-state index contributed by atoms with van der Waals surface area (Å²) in [5.41, 5.74) is 5.77. The number of sulfone groups is 1. The van der Waals surface area contributed by atoms with Gasteiger partial charge in [-0.2, -0.15) is 0 Å². The van der Waals surface area contributed by atoms with Crippen LogP contribution in [0.3, 0.4) is 0 Å². The van der Waals surface area contributed by atoms with Crippen molar-refractivity contribution in [3.05, 3.63) is 17.0 Å². The van der Waals surface area contributed by atoms with Crippen molar-refractivity contribution in [3.63, 3.8) is 0 Å². The van der Waals surface area contributed by atoms with Gasteiger partial charge in [0.2, 0.25) is 0 Å². The van der Waals surface area contributed by atoms with Crippen molar-refractivity contribution in [2.45, 2.75) is 30.0 Å². The first kappa shape index (κ1) is 14.3. The normalized spacial score (nSPS) is 17.2. The number of aliphatic imine (C=N–C) groups is 1. The van der Waals surface area contributed by atoms with Crippen molar-refractivity contribution in [2.75, 3.05) is 12.8 Å². The molecule has 3 N–H and O–H groups in total. The van der Waals surface area contributed by atoms with Crippen LogP contribution in [0.4, 0.5) is 0 Å². The molecule has 5 nitrogen and oxygen atoms in total. The van der Waals surface area contributed by atoms with Crippen LogP contribution in [0.1, 0.15) is 24.1 Å². The summed E-state index contributed by atoms with van der Waals surface area (Å²) in [6.07, 6.45) is 5.05. The molecular weight excluding hydrogens is 282 g/mol. The standard InChI is InChI=1S/C12H19N3O2S2/c1-19(16,17)11-6-5-10(18-11)8-15-12(13)14-7-9-3-2-4-9/h5-6,9H,2-4,7-8H2,1H3,(H3,13,14,15). The van der Waals surface area contributed by atoms with E-state index in [1.165, 1.54) is 36.9 Å². The predicted molar refractivity (Wildman–Crippen MR) is 78.1 cm³/mol. The molecule has 1 aliphatic rings. The van der Waals surface area contributed by atoms with Crippen LogP contribution >= 0.6 is 11.3 Å². The Kier molecular flexibility index (Phi) is 4.46. The van der Waals surface area contributed by atoms with E-state index in [0.29, 0.717) is 16.7 Å². The molecule has 0 saturated heterocycles. The van der Waals surface area contributed by atoms with Crippen LogP contribution in [-0.2, 0) is 16.4 Å². The van der Waals surface area contributed by atoms with Gasteiger partial charge in [0.25, 0.3) is 0 Å². The van der Waals surface area contributed by atoms with Crippen molar-refractivity contribution < 1.29 is 8.42 Å². The Morgan fingerprint density at radius 2 is 2.26 bits per heavy atom. The van der Waals surface area contributed by atoms with E-state index in [9.17, 15) is 8.42 Å². The van der Waals surface area contributed by atoms with Crippen LogP contribution in [0, 0.1) is 5.92 Å². The zero-order valence-electron chi connectivity index (χ0n) is 10.9. The van der Waals surface area contributed by atoms with Gasteiger partial charge in [0.1, 0.15) is 4.21 Å². The molecule has 1 heterocycles. The zero-order valence-corrected chi connectivity index (χ0v) is 12.6. The zero-order chi connectivity index (χ0) is 13.9. The summed E-state index contributed by atoms with van der Waals surface area (Å²) >= 11 is 1.24. The van der Waals surface area contributed by atoms with Crippen molar-refractivity contribution in [1.29, 1.82) is 0 Å². The van der Waals surface area contributed by atoms with Gasteiger partial charge in [0.05, 0.1) is 6.54 Å². The van der Waals surface area contributed by atoms with Gasteiger partial charge in [-0.05, 0) is 30.9 Å². The topological polar surface area (TPSA) is 84.5 Å². The smallest absolute Gasteiger partial charge is 0.188 e. The molecule has 0 radical (unpaired) electrons. The lowest BCUT2D eigenvalue weighted by Gasteiger charge is -2.25. The van der Waals surface area contributed by atoms with Gasteiger partial charge in [-0.15, -0.1) is 11.3 Å². The van der Waals surface area contributed by atoms with Gasteiger partial charge in [0, 0.05) is 17.7 Å². The summed E-state index contributed by atoms with van der Waals surface area (Å²) in [4.78, 5) is 5.12. The molecule has 0 bridgehead atoms. The Labute approximate surface area is 117 Å². The SMILES string of the molecule is CS(=O)(=O)c1ccc(CN=C(N)NCC2CCC2)s1. The van der Waals surface area contributed by atoms with Crippen LogP contribution < -0.4 is 11.1 Å². The number of nitrogens with zero attached hydrogens (tertiary/aromatic N) is 1. The van der Waals surface area contributed by atoms with E-state index >= 15 is 0 Å². The molecule has 0 spiro atoms. The van der Waals surface area contributed by atoms with Crippen molar-refractivity contribution in [3.8, 4) is 0 Å². The molecule has 106 valence electrons. The first-order valence-electron chi connectivity index (χ1n) is 6.27. The largest absolute Gasteiger partial charge is 0.370 e. The van der Waals surface area contributed by atoms with Gasteiger partial charge in [-0.1, -0.05) is 6.42 Å². The summed E-state index contributed by atoms with van der Waals surface area (Å²) in [5, 5.41) is 3.11. The predicted octanol–water partition coefficient (Wildman–Crippen LogP) is 1.36. The highest BCUT2D eigenvalue weighted by atomic mass is 32.2. The number of guanidine groups is 1. The van der Waals surface area contributed by atoms with Gasteiger partial charge in [-0.25, -0.2) is 13.4 Å². The van der Waals surface area contributed by atoms with Crippen LogP contribution in [0.15, 0.2) is 21.3 Å². The van der Waals surface area contributed by atoms with Crippen LogP contribution in [0.5, 0.6) is 0 Å². The summed E-state index contributed by atoms with van der Waals surface area (Å²) in [6.45, 7) is 1.30. The highest BCUT2D eigenvalue weighted by Crippen LogP contribution is 2.25. The number of nitrogens with two attached hydrogens (primary N) is 1. The maximum Gasteiger partial charge on any atom is 0.188 e. The summed E-state index contributed by atoms with van der Waals surface area (Å²) in [7, 11) is -3.11. The highest BCUT2D eigenvalue weighted by molar-refractivity contribution is 7.92. The first-order chi connectivity index (χ1) is 8.95. The molecule has 1 aromatic rings. The quantitative estimate of drug-likeness (QED) is 0.635. The number of hydrogen-bond acceptors (Lipinski definition) is 4. The minimum Gasteiger partial charge on any atom is -0.370 e. The summed E-state index contributed by atoms with van der Waals surface area (Å²) < 4.78 is 23.1. The Morgan fingerprint density at radius 3 is 2.79 bits per heavy atom. The average Bonchev–Trinajstić information content (AvgIpc) is 2.72. The molecule has 1 saturated carbocycles. The lowest BCUT2D eigenvalue weighted by molar-refractivity contribution is 0.315. The third-order valence-electron chi connectivity index (χ3n) is 3.20. The van der Waals surface area contributed by atoms with Crippen LogP contribution in [0.25, 0.3) is 0 Å². The maximum absolute atomic E-state index is 11.3. The number of hydrogen-bond donors (Lipinski definition) is 2. The fourth-order valence-corrected chi connectivity index (χ4v) is 3.71. The van der Waals surface area contributed by atoms with Crippen molar-refractivity contribution in [2.24, 2.45) is 16.6 Å². The fraction of sp³-hybridized carbons (Fsp3) is 0.583. The fourth-order valence-electron chi connectivity index (χ4n) is 1.81. The molecule has 0 atom stereocenters. The van der Waals surface area contributed by atoms with E-state index in [0.717, 1.165) is 17.3 Å². The Bertz CT molecular complexity index is 559. The van der Waals surface area contributed by atoms with Gasteiger partial charge in [0.15, 0.2) is 15.8 Å². The first-order valence-corrected chi connectivity index (χ1v) is 8.98. The minimum absolute atomic E-state index is 0.374. The molecule has 1 aromatic heterocycles. The molecule has 1 fully saturated rings. The molecular formula is C12H19N3O2S2. The second kappa shape index (κ2) is 5.92. The van der Waals surface area contributed by atoms with Gasteiger partial charge in [-0.3, -0.25) is 0 Å². The van der Waals surface area contributed by atoms with Gasteiger partial charge < -0.3 is 11.1 Å². The molecule has 0 amide bonds. The van der Waals surface area contributed by atoms with E-state index in [2.05, 4.69) is 10.3 Å².